The fourth-order valence-corrected chi connectivity index (χ4v) is 5.74. The quantitative estimate of drug-likeness (QED) is 0.0581. The number of hydrogen-bond acceptors (Lipinski definition) is 4. The van der Waals surface area contributed by atoms with Gasteiger partial charge in [0.05, 0.1) is 0 Å². The van der Waals surface area contributed by atoms with Gasteiger partial charge in [0.25, 0.3) is 0 Å². The van der Waals surface area contributed by atoms with Crippen molar-refractivity contribution in [3.05, 3.63) is 284 Å². The van der Waals surface area contributed by atoms with Gasteiger partial charge in [-0.25, -0.2) is 17.6 Å². The second kappa shape index (κ2) is 49.2. The van der Waals surface area contributed by atoms with Crippen molar-refractivity contribution in [2.45, 2.75) is 81.8 Å². The third kappa shape index (κ3) is 53.6. The molecule has 438 valence electrons. The number of Topliss-reactive ketones (excluding diaryl/α,β-unsaturated/α-hetero) is 3. The summed E-state index contributed by atoms with van der Waals surface area (Å²) in [6.45, 7) is 18.8. The Labute approximate surface area is 517 Å². The minimum atomic E-state index is -1.20. The maximum atomic E-state index is 12.2. The van der Waals surface area contributed by atoms with Crippen LogP contribution in [0, 0.1) is 59.0 Å². The van der Waals surface area contributed by atoms with E-state index >= 15 is 0 Å². The van der Waals surface area contributed by atoms with Crippen LogP contribution >= 0.6 is 43.5 Å². The molecule has 0 unspecified atom stereocenters. The van der Waals surface area contributed by atoms with Crippen LogP contribution < -0.4 is 0 Å². The number of carbonyl (C=O) groups excluding carboxylic acids is 4. The molecular weight excluding hydrogens is 1230 g/mol. The third-order valence-corrected chi connectivity index (χ3v) is 11.5. The molecule has 0 aromatic heterocycles. The lowest BCUT2D eigenvalue weighted by Crippen LogP contribution is -2.16. The van der Waals surface area contributed by atoms with E-state index in [4.69, 9.17) is 12.8 Å². The Balaban J connectivity index is -0.000000421. The molecule has 0 fully saturated rings. The highest BCUT2D eigenvalue weighted by Crippen LogP contribution is 2.08. The lowest BCUT2D eigenvalue weighted by molar-refractivity contribution is -0.109. The van der Waals surface area contributed by atoms with Crippen LogP contribution in [-0.2, 0) is 4.79 Å². The fourth-order valence-electron chi connectivity index (χ4n) is 4.61. The first-order chi connectivity index (χ1) is 38.1. The lowest BCUT2D eigenvalue weighted by Gasteiger charge is -2.02. The van der Waals surface area contributed by atoms with Gasteiger partial charge in [-0.05, 0) is 166 Å². The van der Waals surface area contributed by atoms with E-state index in [1.807, 2.05) is 121 Å². The maximum absolute atomic E-state index is 12.2. The summed E-state index contributed by atoms with van der Waals surface area (Å²) < 4.78 is 50.9. The molecule has 0 amide bonds. The van der Waals surface area contributed by atoms with Crippen LogP contribution in [0.25, 0.3) is 0 Å². The van der Waals surface area contributed by atoms with Gasteiger partial charge in [0, 0.05) is 43.7 Å². The number of benzene rings is 8. The van der Waals surface area contributed by atoms with Crippen molar-refractivity contribution in [1.82, 2.24) is 0 Å². The van der Waals surface area contributed by atoms with Crippen LogP contribution in [-0.4, -0.2) is 38.7 Å². The van der Waals surface area contributed by atoms with Crippen LogP contribution in [0.4, 0.5) is 17.6 Å². The summed E-state index contributed by atoms with van der Waals surface area (Å²) in [5.74, 6) is 4.48. The van der Waals surface area contributed by atoms with E-state index in [0.29, 0.717) is 16.7 Å². The number of halogens is 7. The Hall–Kier alpha value is -7.48. The number of rotatable bonds is 3. The molecule has 0 radical (unpaired) electrons. The largest absolute Gasteiger partial charge is 0.295 e. The first kappa shape index (κ1) is 82.0. The van der Waals surface area contributed by atoms with Gasteiger partial charge in [-0.3, -0.25) is 19.2 Å². The normalized spacial score (nSPS) is 8.90. The van der Waals surface area contributed by atoms with Gasteiger partial charge in [0.15, 0.2) is 17.3 Å². The van der Waals surface area contributed by atoms with E-state index in [1.54, 1.807) is 18.2 Å². The van der Waals surface area contributed by atoms with Gasteiger partial charge in [-0.1, -0.05) is 189 Å². The first-order valence-electron chi connectivity index (χ1n) is 24.7. The fraction of sp³-hybridized carbons (Fsp3) is 0.171. The molecular formula is C70H77Br2ClF4O4Si2. The molecule has 0 saturated heterocycles. The summed E-state index contributed by atoms with van der Waals surface area (Å²) in [6, 6.07) is 64.1. The predicted molar refractivity (Wildman–Crippen MR) is 357 cm³/mol. The van der Waals surface area contributed by atoms with Crippen molar-refractivity contribution < 1.29 is 36.7 Å². The summed E-state index contributed by atoms with van der Waals surface area (Å²) in [7, 11) is -2.30. The molecule has 0 heterocycles. The Bertz CT molecular complexity index is 2890. The Morgan fingerprint density at radius 2 is 0.602 bits per heavy atom. The molecule has 0 saturated carbocycles. The van der Waals surface area contributed by atoms with Crippen molar-refractivity contribution >= 4 is 82.2 Å². The minimum Gasteiger partial charge on any atom is -0.295 e. The highest BCUT2D eigenvalue weighted by atomic mass is 79.9. The zero-order valence-corrected chi connectivity index (χ0v) is 53.2. The average Bonchev–Trinajstić information content (AvgIpc) is 3.43. The Kier molecular flexibility index (Phi) is 48.6. The highest BCUT2D eigenvalue weighted by molar-refractivity contribution is 9.10. The maximum Gasteiger partial charge on any atom is 0.218 e. The van der Waals surface area contributed by atoms with E-state index in [9.17, 15) is 36.7 Å². The SMILES string of the molecule is Brc1ccccc1.Brc1ccccc1.C.C.C#C[Si](C)(C)C.C#Cc1ccccc1.CC(=O)Cl.CC(=O)c1ccc(F)cc1.CC(=O)c1ccc(F)cc1.CC(=O)c1ccc(F)cc1.C[Si](C)(C)C#Cc1ccccc1.Fc1ccccc1. The highest BCUT2D eigenvalue weighted by Gasteiger charge is 2.07. The number of terminal acetylenes is 2. The number of ketones is 3. The monoisotopic (exact) mass is 1310 g/mol. The van der Waals surface area contributed by atoms with Gasteiger partial charge in [0.1, 0.15) is 39.4 Å². The second-order valence-corrected chi connectivity index (χ2v) is 30.2. The van der Waals surface area contributed by atoms with Gasteiger partial charge < -0.3 is 0 Å². The molecule has 8 aromatic carbocycles. The van der Waals surface area contributed by atoms with E-state index in [-0.39, 0.29) is 60.7 Å². The molecule has 0 aliphatic rings. The van der Waals surface area contributed by atoms with Crippen LogP contribution in [0.15, 0.2) is 233 Å². The molecule has 0 N–H and O–H groups in total. The number of hydrogen-bond donors (Lipinski definition) is 0. The summed E-state index contributed by atoms with van der Waals surface area (Å²) in [5, 5.41) is -0.361. The molecule has 83 heavy (non-hydrogen) atoms. The van der Waals surface area contributed by atoms with Crippen LogP contribution in [0.3, 0.4) is 0 Å². The van der Waals surface area contributed by atoms with Gasteiger partial charge >= 0.3 is 0 Å². The molecule has 0 atom stereocenters. The summed E-state index contributed by atoms with van der Waals surface area (Å²) in [4.78, 5) is 41.1. The molecule has 13 heteroatoms. The lowest BCUT2D eigenvalue weighted by atomic mass is 10.1. The zero-order valence-electron chi connectivity index (χ0n) is 47.3. The van der Waals surface area contributed by atoms with E-state index in [1.165, 1.54) is 113 Å². The number of carbonyl (C=O) groups is 4. The smallest absolute Gasteiger partial charge is 0.218 e. The van der Waals surface area contributed by atoms with E-state index in [2.05, 4.69) is 106 Å². The van der Waals surface area contributed by atoms with E-state index < -0.39 is 16.1 Å². The van der Waals surface area contributed by atoms with Crippen molar-refractivity contribution in [2.75, 3.05) is 0 Å². The van der Waals surface area contributed by atoms with Crippen molar-refractivity contribution in [1.29, 1.82) is 0 Å². The van der Waals surface area contributed by atoms with Crippen LogP contribution in [0.1, 0.15) is 84.7 Å². The predicted octanol–water partition coefficient (Wildman–Crippen LogP) is 20.9. The standard InChI is InChI=1S/C11H14Si.3C8H7FO.C8H6.2C6H5Br.C6H5F.C5H10Si.C2H3ClO.2CH4/c1-12(2,3)10-9-11-7-5-4-6-8-11;3*1-6(10)7-2-4-8(9)5-3-7;1-2-8-6-4-3-5-7-8;3*7-6-4-2-1-3-5-6;1-5-6(2,3)4;1-2(3)4;;/h4-8H,1-3H3;3*2-5H,1H3;1,3-7H;3*1-5H;1H,2-4H3;1H3;2*1H4. The molecule has 0 aliphatic heterocycles. The zero-order chi connectivity index (χ0) is 61.7. The second-order valence-electron chi connectivity index (χ2n) is 18.3. The van der Waals surface area contributed by atoms with Crippen LogP contribution in [0.5, 0.6) is 0 Å². The average molecular weight is 1310 g/mol. The topological polar surface area (TPSA) is 68.3 Å². The molecule has 8 rings (SSSR count). The van der Waals surface area contributed by atoms with Gasteiger partial charge in [-0.2, -0.15) is 0 Å². The molecule has 0 aliphatic carbocycles. The Morgan fingerprint density at radius 3 is 0.759 bits per heavy atom. The molecule has 0 bridgehead atoms. The summed E-state index contributed by atoms with van der Waals surface area (Å²) in [6.07, 6.45) is 10.2. The van der Waals surface area contributed by atoms with Crippen molar-refractivity contribution in [3.8, 4) is 35.8 Å². The van der Waals surface area contributed by atoms with E-state index in [0.717, 1.165) is 20.1 Å². The van der Waals surface area contributed by atoms with Crippen molar-refractivity contribution in [2.24, 2.45) is 0 Å². The first-order valence-corrected chi connectivity index (χ1v) is 33.7. The van der Waals surface area contributed by atoms with Crippen LogP contribution in [0.2, 0.25) is 39.3 Å². The summed E-state index contributed by atoms with van der Waals surface area (Å²) >= 11 is 11.3. The summed E-state index contributed by atoms with van der Waals surface area (Å²) in [5.41, 5.74) is 9.76. The minimum absolute atomic E-state index is 0. The molecule has 8 aromatic rings. The van der Waals surface area contributed by atoms with Crippen molar-refractivity contribution in [3.63, 3.8) is 0 Å². The Morgan fingerprint density at radius 1 is 0.386 bits per heavy atom. The third-order valence-electron chi connectivity index (χ3n) is 8.68. The molecule has 4 nitrogen and oxygen atoms in total. The molecule has 0 spiro atoms. The van der Waals surface area contributed by atoms with Gasteiger partial charge in [0.2, 0.25) is 5.24 Å². The van der Waals surface area contributed by atoms with Gasteiger partial charge in [-0.15, -0.1) is 23.9 Å².